The zero-order valence-corrected chi connectivity index (χ0v) is 12.9. The van der Waals surface area contributed by atoms with Crippen molar-refractivity contribution in [3.05, 3.63) is 53.7 Å². The van der Waals surface area contributed by atoms with Crippen LogP contribution in [-0.4, -0.2) is 16.0 Å². The minimum Gasteiger partial charge on any atom is -0.367 e. The molecule has 3 aromatic rings. The van der Waals surface area contributed by atoms with Gasteiger partial charge < -0.3 is 5.32 Å². The number of hydrogen-bond acceptors (Lipinski definition) is 4. The first kappa shape index (κ1) is 14.0. The molecule has 0 bridgehead atoms. The molecule has 21 heavy (non-hydrogen) atoms. The van der Waals surface area contributed by atoms with Crippen LogP contribution in [0.4, 0.5) is 5.82 Å². The fourth-order valence-electron chi connectivity index (χ4n) is 1.97. The summed E-state index contributed by atoms with van der Waals surface area (Å²) in [7, 11) is 0. The Bertz CT molecular complexity index is 663. The van der Waals surface area contributed by atoms with Gasteiger partial charge in [-0.05, 0) is 24.3 Å². The Morgan fingerprint density at radius 1 is 1.10 bits per heavy atom. The monoisotopic (exact) mass is 297 g/mol. The van der Waals surface area contributed by atoms with Crippen molar-refractivity contribution in [3.8, 4) is 0 Å². The molecule has 0 atom stereocenters. The minimum atomic E-state index is 0.646. The second-order valence-electron chi connectivity index (χ2n) is 5.05. The van der Waals surface area contributed by atoms with Crippen LogP contribution in [0, 0.1) is 0 Å². The number of aryl methyl sites for hydroxylation is 1. The molecule has 108 valence electrons. The van der Waals surface area contributed by atoms with E-state index in [4.69, 9.17) is 0 Å². The highest BCUT2D eigenvalue weighted by Crippen LogP contribution is 2.30. The van der Waals surface area contributed by atoms with Crippen molar-refractivity contribution < 1.29 is 0 Å². The van der Waals surface area contributed by atoms with E-state index >= 15 is 0 Å². The van der Waals surface area contributed by atoms with Crippen molar-refractivity contribution in [2.45, 2.75) is 32.2 Å². The summed E-state index contributed by atoms with van der Waals surface area (Å²) in [6, 6.07) is 14.7. The van der Waals surface area contributed by atoms with Gasteiger partial charge in [0.1, 0.15) is 16.5 Å². The lowest BCUT2D eigenvalue weighted by Crippen LogP contribution is -2.05. The largest absolute Gasteiger partial charge is 0.367 e. The third-order valence-corrected chi connectivity index (χ3v) is 4.08. The highest BCUT2D eigenvalue weighted by Gasteiger charge is 2.22. The number of aromatic nitrogens is 2. The molecule has 1 saturated carbocycles. The molecule has 1 aliphatic rings. The van der Waals surface area contributed by atoms with Crippen molar-refractivity contribution in [2.75, 3.05) is 5.32 Å². The summed E-state index contributed by atoms with van der Waals surface area (Å²) in [6.45, 7) is 2.09. The van der Waals surface area contributed by atoms with Gasteiger partial charge in [0.05, 0.1) is 5.39 Å². The molecule has 1 aromatic carbocycles. The third kappa shape index (κ3) is 3.79. The lowest BCUT2D eigenvalue weighted by Gasteiger charge is -2.06. The number of benzene rings is 1. The number of rotatable bonds is 3. The van der Waals surface area contributed by atoms with Crippen LogP contribution in [0.3, 0.4) is 0 Å². The predicted octanol–water partition coefficient (Wildman–Crippen LogP) is 4.51. The molecule has 0 saturated heterocycles. The summed E-state index contributed by atoms with van der Waals surface area (Å²) >= 11 is 1.69. The maximum Gasteiger partial charge on any atom is 0.138 e. The fourth-order valence-corrected chi connectivity index (χ4v) is 2.76. The molecule has 4 heteroatoms. The van der Waals surface area contributed by atoms with Gasteiger partial charge in [-0.3, -0.25) is 0 Å². The molecule has 1 fully saturated rings. The lowest BCUT2D eigenvalue weighted by molar-refractivity contribution is 0.956. The first-order valence-corrected chi connectivity index (χ1v) is 8.25. The summed E-state index contributed by atoms with van der Waals surface area (Å²) in [4.78, 5) is 10.2. The molecule has 0 aliphatic heterocycles. The van der Waals surface area contributed by atoms with Gasteiger partial charge in [0.25, 0.3) is 0 Å². The first-order valence-electron chi connectivity index (χ1n) is 7.37. The van der Waals surface area contributed by atoms with Gasteiger partial charge >= 0.3 is 0 Å². The Balaban J connectivity index is 0.000000186. The molecule has 2 heterocycles. The SMILES string of the molecule is CCc1nc(NC2CC2)c2ccsc2n1.c1ccccc1. The van der Waals surface area contributed by atoms with Crippen molar-refractivity contribution in [2.24, 2.45) is 0 Å². The van der Waals surface area contributed by atoms with Gasteiger partial charge in [0, 0.05) is 12.5 Å². The molecular weight excluding hydrogens is 278 g/mol. The number of fused-ring (bicyclic) bond motifs is 1. The van der Waals surface area contributed by atoms with Gasteiger partial charge in [-0.2, -0.15) is 0 Å². The Labute approximate surface area is 129 Å². The zero-order valence-electron chi connectivity index (χ0n) is 12.1. The van der Waals surface area contributed by atoms with Crippen LogP contribution in [-0.2, 0) is 6.42 Å². The van der Waals surface area contributed by atoms with Gasteiger partial charge in [-0.1, -0.05) is 43.3 Å². The standard InChI is InChI=1S/C11H13N3S.C6H6/c1-2-9-13-10(12-7-3-4-7)8-5-6-15-11(8)14-9;1-2-4-6-5-3-1/h5-7H,2-4H2,1H3,(H,12,13,14);1-6H. The Kier molecular flexibility index (Phi) is 4.46. The molecule has 3 nitrogen and oxygen atoms in total. The molecule has 1 aliphatic carbocycles. The van der Waals surface area contributed by atoms with Gasteiger partial charge in [-0.15, -0.1) is 11.3 Å². The fraction of sp³-hybridized carbons (Fsp3) is 0.294. The van der Waals surface area contributed by atoms with E-state index in [9.17, 15) is 0 Å². The first-order chi connectivity index (χ1) is 10.4. The Morgan fingerprint density at radius 3 is 2.33 bits per heavy atom. The number of anilines is 1. The topological polar surface area (TPSA) is 37.8 Å². The van der Waals surface area contributed by atoms with Crippen molar-refractivity contribution >= 4 is 27.4 Å². The van der Waals surface area contributed by atoms with Crippen LogP contribution in [0.2, 0.25) is 0 Å². The molecular formula is C17H19N3S. The zero-order chi connectivity index (χ0) is 14.5. The maximum absolute atomic E-state index is 4.56. The molecule has 2 aromatic heterocycles. The molecule has 0 unspecified atom stereocenters. The summed E-state index contributed by atoms with van der Waals surface area (Å²) < 4.78 is 0. The highest BCUT2D eigenvalue weighted by atomic mass is 32.1. The lowest BCUT2D eigenvalue weighted by atomic mass is 10.3. The number of nitrogens with zero attached hydrogens (tertiary/aromatic N) is 2. The van der Waals surface area contributed by atoms with Gasteiger partial charge in [0.2, 0.25) is 0 Å². The van der Waals surface area contributed by atoms with E-state index in [0.29, 0.717) is 6.04 Å². The van der Waals surface area contributed by atoms with Gasteiger partial charge in [0.15, 0.2) is 0 Å². The van der Waals surface area contributed by atoms with Crippen molar-refractivity contribution in [3.63, 3.8) is 0 Å². The Morgan fingerprint density at radius 2 is 1.76 bits per heavy atom. The van der Waals surface area contributed by atoms with E-state index in [1.54, 1.807) is 11.3 Å². The molecule has 0 amide bonds. The van der Waals surface area contributed by atoms with Crippen LogP contribution in [0.15, 0.2) is 47.8 Å². The summed E-state index contributed by atoms with van der Waals surface area (Å²) in [5, 5.41) is 6.73. The molecule has 0 spiro atoms. The average molecular weight is 297 g/mol. The number of nitrogens with one attached hydrogen (secondary N) is 1. The predicted molar refractivity (Wildman–Crippen MR) is 89.9 cm³/mol. The third-order valence-electron chi connectivity index (χ3n) is 3.27. The van der Waals surface area contributed by atoms with E-state index in [2.05, 4.69) is 33.7 Å². The minimum absolute atomic E-state index is 0.646. The number of hydrogen-bond donors (Lipinski definition) is 1. The normalized spacial score (nSPS) is 13.6. The van der Waals surface area contributed by atoms with Crippen LogP contribution in [0.5, 0.6) is 0 Å². The van der Waals surface area contributed by atoms with Crippen LogP contribution < -0.4 is 5.32 Å². The highest BCUT2D eigenvalue weighted by molar-refractivity contribution is 7.16. The van der Waals surface area contributed by atoms with E-state index < -0.39 is 0 Å². The smallest absolute Gasteiger partial charge is 0.138 e. The summed E-state index contributed by atoms with van der Waals surface area (Å²) in [5.41, 5.74) is 0. The van der Waals surface area contributed by atoms with E-state index in [0.717, 1.165) is 22.9 Å². The summed E-state index contributed by atoms with van der Waals surface area (Å²) in [6.07, 6.45) is 3.45. The maximum atomic E-state index is 4.56. The molecule has 4 rings (SSSR count). The average Bonchev–Trinajstić information content (AvgIpc) is 3.23. The van der Waals surface area contributed by atoms with Crippen LogP contribution >= 0.6 is 11.3 Å². The summed E-state index contributed by atoms with van der Waals surface area (Å²) in [5.74, 6) is 1.97. The van der Waals surface area contributed by atoms with Gasteiger partial charge in [-0.25, -0.2) is 9.97 Å². The van der Waals surface area contributed by atoms with E-state index in [-0.39, 0.29) is 0 Å². The van der Waals surface area contributed by atoms with Crippen molar-refractivity contribution in [1.29, 1.82) is 0 Å². The second-order valence-corrected chi connectivity index (χ2v) is 5.95. The Hall–Kier alpha value is -1.94. The van der Waals surface area contributed by atoms with Crippen molar-refractivity contribution in [1.82, 2.24) is 9.97 Å². The molecule has 0 radical (unpaired) electrons. The van der Waals surface area contributed by atoms with Crippen LogP contribution in [0.1, 0.15) is 25.6 Å². The second kappa shape index (κ2) is 6.68. The van der Waals surface area contributed by atoms with E-state index in [1.807, 2.05) is 36.4 Å². The number of thiophene rings is 1. The quantitative estimate of drug-likeness (QED) is 0.772. The van der Waals surface area contributed by atoms with E-state index in [1.165, 1.54) is 18.2 Å². The molecule has 1 N–H and O–H groups in total. The van der Waals surface area contributed by atoms with Crippen LogP contribution in [0.25, 0.3) is 10.2 Å².